The maximum absolute atomic E-state index is 12.6. The van der Waals surface area contributed by atoms with Crippen molar-refractivity contribution in [3.05, 3.63) is 36.5 Å². The van der Waals surface area contributed by atoms with Crippen LogP contribution in [0.15, 0.2) is 36.5 Å². The van der Waals surface area contributed by atoms with E-state index in [1.165, 1.54) is 141 Å². The van der Waals surface area contributed by atoms with Gasteiger partial charge in [0, 0.05) is 0 Å². The summed E-state index contributed by atoms with van der Waals surface area (Å²) in [6, 6.07) is -1.25. The molecular formula is C44H83NO6S. The number of aliphatic hydroxyl groups is 2. The highest BCUT2D eigenvalue weighted by Gasteiger charge is 2.27. The zero-order valence-electron chi connectivity index (χ0n) is 33.8. The Morgan fingerprint density at radius 2 is 0.865 bits per heavy atom. The van der Waals surface area contributed by atoms with Crippen LogP contribution in [0.25, 0.3) is 0 Å². The smallest absolute Gasteiger partial charge is 0.267 e. The second-order valence-electron chi connectivity index (χ2n) is 15.1. The third kappa shape index (κ3) is 36.9. The molecule has 3 unspecified atom stereocenters. The Morgan fingerprint density at radius 1 is 0.519 bits per heavy atom. The van der Waals surface area contributed by atoms with Crippen LogP contribution in [0.4, 0.5) is 0 Å². The van der Waals surface area contributed by atoms with E-state index in [2.05, 4.69) is 43.5 Å². The molecular weight excluding hydrogens is 671 g/mol. The standard InChI is InChI=1S/C44H83NO6S/c1-3-5-7-9-11-13-15-17-19-21-22-23-25-27-29-31-33-35-37-39-43(47)44(48)45-41(40-52(49,50)51)42(46)38-36-34-32-30-28-26-24-20-18-16-14-12-10-8-6-4-2/h18,20,28,30,36,38,41-43,46-47H,3-17,19,21-27,29,31-35,37,39-40H2,1-2H3,(H,45,48)(H,49,50,51)/b20-18+,30-28+,38-36+. The third-order valence-corrected chi connectivity index (χ3v) is 10.7. The Balaban J connectivity index is 4.04. The monoisotopic (exact) mass is 754 g/mol. The van der Waals surface area contributed by atoms with Crippen molar-refractivity contribution >= 4 is 16.0 Å². The maximum Gasteiger partial charge on any atom is 0.267 e. The summed E-state index contributed by atoms with van der Waals surface area (Å²) in [4.78, 5) is 12.6. The van der Waals surface area contributed by atoms with E-state index in [0.717, 1.165) is 44.9 Å². The summed E-state index contributed by atoms with van der Waals surface area (Å²) < 4.78 is 32.5. The molecule has 0 aromatic carbocycles. The Hall–Kier alpha value is -1.48. The number of carbonyl (C=O) groups is 1. The highest BCUT2D eigenvalue weighted by molar-refractivity contribution is 7.85. The van der Waals surface area contributed by atoms with Gasteiger partial charge in [-0.15, -0.1) is 0 Å². The minimum atomic E-state index is -4.45. The van der Waals surface area contributed by atoms with Gasteiger partial charge in [0.15, 0.2) is 0 Å². The van der Waals surface area contributed by atoms with E-state index >= 15 is 0 Å². The lowest BCUT2D eigenvalue weighted by Crippen LogP contribution is -2.50. The fourth-order valence-corrected chi connectivity index (χ4v) is 7.28. The molecule has 4 N–H and O–H groups in total. The van der Waals surface area contributed by atoms with Crippen molar-refractivity contribution in [2.75, 3.05) is 5.75 Å². The van der Waals surface area contributed by atoms with E-state index in [1.807, 2.05) is 0 Å². The molecule has 8 heteroatoms. The highest BCUT2D eigenvalue weighted by Crippen LogP contribution is 2.16. The topological polar surface area (TPSA) is 124 Å². The van der Waals surface area contributed by atoms with Gasteiger partial charge >= 0.3 is 0 Å². The lowest BCUT2D eigenvalue weighted by atomic mass is 10.0. The van der Waals surface area contributed by atoms with Gasteiger partial charge in [-0.05, 0) is 44.9 Å². The summed E-state index contributed by atoms with van der Waals surface area (Å²) in [7, 11) is -4.45. The molecule has 0 radical (unpaired) electrons. The summed E-state index contributed by atoms with van der Waals surface area (Å²) in [5.41, 5.74) is 0. The van der Waals surface area contributed by atoms with Crippen molar-refractivity contribution in [3.8, 4) is 0 Å². The van der Waals surface area contributed by atoms with Gasteiger partial charge in [0.1, 0.15) is 6.10 Å². The number of unbranched alkanes of at least 4 members (excludes halogenated alkanes) is 26. The molecule has 7 nitrogen and oxygen atoms in total. The third-order valence-electron chi connectivity index (χ3n) is 9.90. The van der Waals surface area contributed by atoms with E-state index < -0.39 is 40.0 Å². The van der Waals surface area contributed by atoms with Crippen LogP contribution >= 0.6 is 0 Å². The van der Waals surface area contributed by atoms with E-state index in [4.69, 9.17) is 0 Å². The van der Waals surface area contributed by atoms with Crippen LogP contribution < -0.4 is 5.32 Å². The Bertz CT molecular complexity index is 979. The largest absolute Gasteiger partial charge is 0.387 e. The van der Waals surface area contributed by atoms with E-state index in [9.17, 15) is 28.0 Å². The molecule has 0 aliphatic carbocycles. The van der Waals surface area contributed by atoms with Crippen LogP contribution in [0.1, 0.15) is 213 Å². The van der Waals surface area contributed by atoms with Gasteiger partial charge in [-0.1, -0.05) is 204 Å². The first-order valence-corrected chi connectivity index (χ1v) is 23.4. The molecule has 3 atom stereocenters. The molecule has 0 aromatic rings. The van der Waals surface area contributed by atoms with Crippen LogP contribution in [0, 0.1) is 0 Å². The fourth-order valence-electron chi connectivity index (χ4n) is 6.55. The van der Waals surface area contributed by atoms with Gasteiger partial charge < -0.3 is 15.5 Å². The van der Waals surface area contributed by atoms with Crippen LogP contribution in [-0.2, 0) is 14.9 Å². The van der Waals surface area contributed by atoms with Crippen LogP contribution in [-0.4, -0.2) is 53.1 Å². The Morgan fingerprint density at radius 3 is 1.27 bits per heavy atom. The molecule has 0 aliphatic rings. The van der Waals surface area contributed by atoms with Gasteiger partial charge in [0.05, 0.1) is 17.9 Å². The average molecular weight is 754 g/mol. The number of nitrogens with one attached hydrogen (secondary N) is 1. The number of allylic oxidation sites excluding steroid dienone is 5. The summed E-state index contributed by atoms with van der Waals surface area (Å²) in [6.45, 7) is 4.51. The van der Waals surface area contributed by atoms with E-state index in [-0.39, 0.29) is 6.42 Å². The number of hydrogen-bond acceptors (Lipinski definition) is 5. The minimum absolute atomic E-state index is 0.274. The summed E-state index contributed by atoms with van der Waals surface area (Å²) in [5, 5.41) is 23.4. The summed E-state index contributed by atoms with van der Waals surface area (Å²) >= 11 is 0. The zero-order valence-corrected chi connectivity index (χ0v) is 34.6. The van der Waals surface area contributed by atoms with E-state index in [0.29, 0.717) is 12.8 Å². The number of rotatable bonds is 39. The first kappa shape index (κ1) is 50.5. The number of carbonyl (C=O) groups excluding carboxylic acids is 1. The molecule has 0 spiro atoms. The molecule has 0 bridgehead atoms. The predicted octanol–water partition coefficient (Wildman–Crippen LogP) is 11.9. The molecule has 306 valence electrons. The number of aliphatic hydroxyl groups excluding tert-OH is 2. The van der Waals surface area contributed by atoms with E-state index in [1.54, 1.807) is 6.08 Å². The molecule has 0 fully saturated rings. The minimum Gasteiger partial charge on any atom is -0.387 e. The Labute approximate surface area is 321 Å². The van der Waals surface area contributed by atoms with Gasteiger partial charge in [-0.25, -0.2) is 0 Å². The zero-order chi connectivity index (χ0) is 38.4. The number of hydrogen-bond donors (Lipinski definition) is 4. The lowest BCUT2D eigenvalue weighted by molar-refractivity contribution is -0.130. The van der Waals surface area contributed by atoms with Gasteiger partial charge in [-0.3, -0.25) is 9.35 Å². The quantitative estimate of drug-likeness (QED) is 0.0281. The second-order valence-corrected chi connectivity index (χ2v) is 16.6. The lowest BCUT2D eigenvalue weighted by Gasteiger charge is -2.22. The SMILES string of the molecule is CCCCCCCC/C=C/CC/C=C/CC/C=C/C(O)C(CS(=O)(=O)O)NC(=O)C(O)CCCCCCCCCCCCCCCCCCCCC. The molecule has 52 heavy (non-hydrogen) atoms. The summed E-state index contributed by atoms with van der Waals surface area (Å²) in [6.07, 6.45) is 46.3. The maximum atomic E-state index is 12.6. The highest BCUT2D eigenvalue weighted by atomic mass is 32.2. The van der Waals surface area contributed by atoms with Gasteiger partial charge in [-0.2, -0.15) is 8.42 Å². The van der Waals surface area contributed by atoms with Crippen LogP contribution in [0.3, 0.4) is 0 Å². The Kier molecular flexibility index (Phi) is 36.7. The van der Waals surface area contributed by atoms with Crippen molar-refractivity contribution in [1.29, 1.82) is 0 Å². The average Bonchev–Trinajstić information content (AvgIpc) is 3.11. The van der Waals surface area contributed by atoms with Crippen LogP contribution in [0.5, 0.6) is 0 Å². The van der Waals surface area contributed by atoms with Crippen molar-refractivity contribution in [1.82, 2.24) is 5.32 Å². The molecule has 0 saturated carbocycles. The van der Waals surface area contributed by atoms with Crippen molar-refractivity contribution in [3.63, 3.8) is 0 Å². The first-order chi connectivity index (χ1) is 25.2. The predicted molar refractivity (Wildman–Crippen MR) is 222 cm³/mol. The van der Waals surface area contributed by atoms with Gasteiger partial charge in [0.25, 0.3) is 10.1 Å². The molecule has 0 aliphatic heterocycles. The molecule has 0 aromatic heterocycles. The normalized spacial score (nSPS) is 14.2. The molecule has 0 rings (SSSR count). The van der Waals surface area contributed by atoms with Crippen molar-refractivity contribution in [2.24, 2.45) is 0 Å². The summed E-state index contributed by atoms with van der Waals surface area (Å²) in [5.74, 6) is -1.56. The van der Waals surface area contributed by atoms with Crippen LogP contribution in [0.2, 0.25) is 0 Å². The number of amides is 1. The second kappa shape index (κ2) is 37.8. The first-order valence-electron chi connectivity index (χ1n) is 21.8. The molecule has 1 amide bonds. The fraction of sp³-hybridized carbons (Fsp3) is 0.841. The van der Waals surface area contributed by atoms with Crippen molar-refractivity contribution in [2.45, 2.75) is 231 Å². The van der Waals surface area contributed by atoms with Crippen molar-refractivity contribution < 1.29 is 28.0 Å². The van der Waals surface area contributed by atoms with Gasteiger partial charge in [0.2, 0.25) is 5.91 Å². The molecule has 0 saturated heterocycles. The molecule has 0 heterocycles.